The van der Waals surface area contributed by atoms with E-state index in [9.17, 15) is 14.0 Å². The molecule has 0 radical (unpaired) electrons. The van der Waals surface area contributed by atoms with Gasteiger partial charge in [0.05, 0.1) is 0 Å². The minimum absolute atomic E-state index is 0.0894. The van der Waals surface area contributed by atoms with E-state index in [1.807, 2.05) is 18.2 Å². The predicted molar refractivity (Wildman–Crippen MR) is 125 cm³/mol. The lowest BCUT2D eigenvalue weighted by Gasteiger charge is -2.56. The Morgan fingerprint density at radius 1 is 1.00 bits per heavy atom. The van der Waals surface area contributed by atoms with Crippen molar-refractivity contribution >= 4 is 17.5 Å². The number of carbonyl (C=O) groups excluding carboxylic acids is 2. The molecule has 4 nitrogen and oxygen atoms in total. The molecule has 5 aliphatic rings. The van der Waals surface area contributed by atoms with Crippen LogP contribution in [0.4, 0.5) is 10.1 Å². The number of hydrogen-bond donors (Lipinski definition) is 1. The van der Waals surface area contributed by atoms with Crippen molar-refractivity contribution in [1.82, 2.24) is 4.90 Å². The monoisotopic (exact) mass is 446 g/mol. The molecule has 5 heteroatoms. The summed E-state index contributed by atoms with van der Waals surface area (Å²) in [5.74, 6) is 2.18. The van der Waals surface area contributed by atoms with E-state index in [-0.39, 0.29) is 29.6 Å². The van der Waals surface area contributed by atoms with Gasteiger partial charge in [0.15, 0.2) is 0 Å². The van der Waals surface area contributed by atoms with Crippen molar-refractivity contribution in [3.05, 3.63) is 65.0 Å². The molecule has 0 atom stereocenters. The van der Waals surface area contributed by atoms with Gasteiger partial charge < -0.3 is 10.2 Å². The number of rotatable bonds is 5. The Hall–Kier alpha value is -2.69. The summed E-state index contributed by atoms with van der Waals surface area (Å²) in [5.41, 5.74) is 3.01. The van der Waals surface area contributed by atoms with E-state index in [1.54, 1.807) is 23.1 Å². The third-order valence-corrected chi connectivity index (χ3v) is 8.62. The number of halogens is 1. The first-order valence-electron chi connectivity index (χ1n) is 12.4. The third kappa shape index (κ3) is 3.85. The molecule has 2 amide bonds. The molecule has 1 heterocycles. The Morgan fingerprint density at radius 2 is 1.70 bits per heavy atom. The van der Waals surface area contributed by atoms with Crippen LogP contribution in [0.15, 0.2) is 42.5 Å². The molecule has 4 fully saturated rings. The highest BCUT2D eigenvalue weighted by molar-refractivity contribution is 6.00. The van der Waals surface area contributed by atoms with Crippen molar-refractivity contribution in [2.24, 2.45) is 23.2 Å². The molecule has 4 saturated carbocycles. The van der Waals surface area contributed by atoms with Gasteiger partial charge in [0.1, 0.15) is 5.82 Å². The molecule has 1 N–H and O–H groups in total. The van der Waals surface area contributed by atoms with Gasteiger partial charge in [-0.1, -0.05) is 24.3 Å². The Labute approximate surface area is 194 Å². The number of amides is 2. The number of nitrogens with zero attached hydrogens (tertiary/aromatic N) is 1. The standard InChI is InChI=1S/C28H31FN2O2/c29-24-6-2-1-4-21(24)17-31-9-8-22-23(27(31)33)5-3-7-25(22)30-26(32)16-28-13-18-10-19(14-28)12-20(11-18)15-28/h1-7,18-20H,8-17H2,(H,30,32). The molecule has 2 aromatic carbocycles. The van der Waals surface area contributed by atoms with Crippen LogP contribution in [0.1, 0.15) is 66.4 Å². The van der Waals surface area contributed by atoms with Crippen LogP contribution in [0.3, 0.4) is 0 Å². The highest BCUT2D eigenvalue weighted by Crippen LogP contribution is 2.61. The van der Waals surface area contributed by atoms with Gasteiger partial charge in [-0.3, -0.25) is 9.59 Å². The average Bonchev–Trinajstić information content (AvgIpc) is 2.76. The van der Waals surface area contributed by atoms with E-state index >= 15 is 0 Å². The van der Waals surface area contributed by atoms with Crippen molar-refractivity contribution in [3.63, 3.8) is 0 Å². The topological polar surface area (TPSA) is 49.4 Å². The van der Waals surface area contributed by atoms with Crippen LogP contribution in [-0.4, -0.2) is 23.3 Å². The molecule has 4 bridgehead atoms. The second-order valence-electron chi connectivity index (χ2n) is 11.0. The van der Waals surface area contributed by atoms with Gasteiger partial charge in [-0.15, -0.1) is 0 Å². The van der Waals surface area contributed by atoms with Crippen molar-refractivity contribution < 1.29 is 14.0 Å². The summed E-state index contributed by atoms with van der Waals surface area (Å²) >= 11 is 0. The summed E-state index contributed by atoms with van der Waals surface area (Å²) < 4.78 is 14.1. The lowest BCUT2D eigenvalue weighted by atomic mass is 9.49. The molecule has 33 heavy (non-hydrogen) atoms. The average molecular weight is 447 g/mol. The highest BCUT2D eigenvalue weighted by Gasteiger charge is 2.51. The van der Waals surface area contributed by atoms with Gasteiger partial charge in [0.25, 0.3) is 5.91 Å². The Morgan fingerprint density at radius 3 is 2.39 bits per heavy atom. The van der Waals surface area contributed by atoms with Crippen LogP contribution >= 0.6 is 0 Å². The molecular weight excluding hydrogens is 415 g/mol. The fourth-order valence-corrected chi connectivity index (χ4v) is 7.72. The molecule has 4 aliphatic carbocycles. The number of hydrogen-bond acceptors (Lipinski definition) is 2. The lowest BCUT2D eigenvalue weighted by molar-refractivity contribution is -0.124. The van der Waals surface area contributed by atoms with E-state index < -0.39 is 0 Å². The first-order valence-corrected chi connectivity index (χ1v) is 12.4. The van der Waals surface area contributed by atoms with Gasteiger partial charge in [-0.25, -0.2) is 4.39 Å². The van der Waals surface area contributed by atoms with Crippen LogP contribution in [0.25, 0.3) is 0 Å². The quantitative estimate of drug-likeness (QED) is 0.653. The Bertz CT molecular complexity index is 1080. The predicted octanol–water partition coefficient (Wildman–Crippen LogP) is 5.57. The summed E-state index contributed by atoms with van der Waals surface area (Å²) in [6.45, 7) is 0.773. The molecule has 2 aromatic rings. The van der Waals surface area contributed by atoms with Crippen LogP contribution in [-0.2, 0) is 17.8 Å². The molecule has 172 valence electrons. The second kappa shape index (κ2) is 7.96. The van der Waals surface area contributed by atoms with Gasteiger partial charge in [-0.05, 0) is 91.9 Å². The van der Waals surface area contributed by atoms with Crippen molar-refractivity contribution in [2.75, 3.05) is 11.9 Å². The van der Waals surface area contributed by atoms with Crippen LogP contribution < -0.4 is 5.32 Å². The van der Waals surface area contributed by atoms with E-state index in [1.165, 1.54) is 44.6 Å². The maximum Gasteiger partial charge on any atom is 0.254 e. The number of nitrogens with one attached hydrogen (secondary N) is 1. The number of benzene rings is 2. The largest absolute Gasteiger partial charge is 0.334 e. The van der Waals surface area contributed by atoms with E-state index in [4.69, 9.17) is 0 Å². The zero-order chi connectivity index (χ0) is 22.6. The normalized spacial score (nSPS) is 29.8. The zero-order valence-electron chi connectivity index (χ0n) is 19.0. The smallest absolute Gasteiger partial charge is 0.254 e. The van der Waals surface area contributed by atoms with Crippen LogP contribution in [0, 0.1) is 29.0 Å². The molecule has 0 unspecified atom stereocenters. The van der Waals surface area contributed by atoms with Crippen molar-refractivity contribution in [1.29, 1.82) is 0 Å². The SMILES string of the molecule is O=C(CC12CC3CC(CC(C3)C1)C2)Nc1cccc2c1CCN(Cc1ccccc1F)C2=O. The minimum atomic E-state index is -0.290. The van der Waals surface area contributed by atoms with E-state index in [0.29, 0.717) is 30.5 Å². The zero-order valence-corrected chi connectivity index (χ0v) is 19.0. The van der Waals surface area contributed by atoms with Gasteiger partial charge in [0.2, 0.25) is 5.91 Å². The minimum Gasteiger partial charge on any atom is -0.334 e. The van der Waals surface area contributed by atoms with Gasteiger partial charge in [0, 0.05) is 36.3 Å². The maximum absolute atomic E-state index is 14.1. The number of fused-ring (bicyclic) bond motifs is 1. The summed E-state index contributed by atoms with van der Waals surface area (Å²) in [6.07, 6.45) is 9.01. The van der Waals surface area contributed by atoms with Gasteiger partial charge >= 0.3 is 0 Å². The second-order valence-corrected chi connectivity index (χ2v) is 11.0. The van der Waals surface area contributed by atoms with Crippen molar-refractivity contribution in [3.8, 4) is 0 Å². The van der Waals surface area contributed by atoms with Crippen molar-refractivity contribution in [2.45, 2.75) is 57.9 Å². The third-order valence-electron chi connectivity index (χ3n) is 8.62. The number of carbonyl (C=O) groups is 2. The first kappa shape index (κ1) is 20.9. The van der Waals surface area contributed by atoms with Gasteiger partial charge in [-0.2, -0.15) is 0 Å². The van der Waals surface area contributed by atoms with E-state index in [0.717, 1.165) is 29.0 Å². The van der Waals surface area contributed by atoms with Crippen LogP contribution in [0.5, 0.6) is 0 Å². The molecule has 0 spiro atoms. The summed E-state index contributed by atoms with van der Waals surface area (Å²) in [4.78, 5) is 28.0. The van der Waals surface area contributed by atoms with E-state index in [2.05, 4.69) is 5.32 Å². The summed E-state index contributed by atoms with van der Waals surface area (Å²) in [7, 11) is 0. The first-order chi connectivity index (χ1) is 16.0. The maximum atomic E-state index is 14.1. The molecule has 0 saturated heterocycles. The fraction of sp³-hybridized carbons (Fsp3) is 0.500. The van der Waals surface area contributed by atoms with Crippen LogP contribution in [0.2, 0.25) is 0 Å². The molecule has 1 aliphatic heterocycles. The molecular formula is C28H31FN2O2. The summed E-state index contributed by atoms with van der Waals surface area (Å²) in [6, 6.07) is 12.2. The highest BCUT2D eigenvalue weighted by atomic mass is 19.1. The lowest BCUT2D eigenvalue weighted by Crippen LogP contribution is -2.47. The Balaban J connectivity index is 1.17. The molecule has 7 rings (SSSR count). The summed E-state index contributed by atoms with van der Waals surface area (Å²) in [5, 5.41) is 3.17. The number of anilines is 1. The fourth-order valence-electron chi connectivity index (χ4n) is 7.72. The Kier molecular flexibility index (Phi) is 5.04. The molecule has 0 aromatic heterocycles.